The lowest BCUT2D eigenvalue weighted by Gasteiger charge is -2.18. The second-order valence-electron chi connectivity index (χ2n) is 7.50. The van der Waals surface area contributed by atoms with Crippen molar-refractivity contribution in [2.45, 2.75) is 33.3 Å². The number of imidazole rings is 1. The predicted molar refractivity (Wildman–Crippen MR) is 106 cm³/mol. The van der Waals surface area contributed by atoms with Gasteiger partial charge in [-0.25, -0.2) is 9.78 Å². The summed E-state index contributed by atoms with van der Waals surface area (Å²) in [6.45, 7) is 7.14. The van der Waals surface area contributed by atoms with E-state index in [0.29, 0.717) is 28.9 Å². The topological polar surface area (TPSA) is 107 Å². The molecule has 0 saturated heterocycles. The first-order chi connectivity index (χ1) is 13.8. The fraction of sp³-hybridized carbons (Fsp3) is 0.250. The lowest BCUT2D eigenvalue weighted by atomic mass is 10.1. The number of hydrogen-bond donors (Lipinski definition) is 1. The number of nitrogens with one attached hydrogen (secondary N) is 1. The fourth-order valence-electron chi connectivity index (χ4n) is 2.82. The number of hydrogen-bond acceptors (Lipinski definition) is 7. The Morgan fingerprint density at radius 2 is 2.03 bits per heavy atom. The van der Waals surface area contributed by atoms with Crippen LogP contribution in [-0.2, 0) is 4.74 Å². The van der Waals surface area contributed by atoms with Gasteiger partial charge in [0.2, 0.25) is 0 Å². The van der Waals surface area contributed by atoms with Gasteiger partial charge < -0.3 is 9.26 Å². The zero-order valence-electron chi connectivity index (χ0n) is 16.5. The van der Waals surface area contributed by atoms with Gasteiger partial charge in [0.25, 0.3) is 5.89 Å². The van der Waals surface area contributed by atoms with E-state index in [0.717, 1.165) is 11.1 Å². The molecule has 0 aliphatic heterocycles. The number of ether oxygens (including phenoxy) is 1. The summed E-state index contributed by atoms with van der Waals surface area (Å²) < 4.78 is 12.4. The van der Waals surface area contributed by atoms with Crippen LogP contribution in [0, 0.1) is 6.92 Å². The summed E-state index contributed by atoms with van der Waals surface area (Å²) in [5, 5.41) is 6.53. The highest BCUT2D eigenvalue weighted by molar-refractivity contribution is 5.84. The molecule has 0 aromatic carbocycles. The van der Waals surface area contributed by atoms with Crippen molar-refractivity contribution in [2.75, 3.05) is 5.32 Å². The molecule has 9 nitrogen and oxygen atoms in total. The molecule has 4 rings (SSSR count). The largest absolute Gasteiger partial charge is 0.444 e. The molecule has 0 aliphatic carbocycles. The second-order valence-corrected chi connectivity index (χ2v) is 7.50. The van der Waals surface area contributed by atoms with Crippen molar-refractivity contribution in [3.8, 4) is 22.7 Å². The SMILES string of the molecule is Cc1noc(-c2cc(-c3cccnc3)cc3nc(NC(=O)OC(C)(C)C)cn23)n1. The molecule has 148 valence electrons. The third-order valence-electron chi connectivity index (χ3n) is 3.94. The van der Waals surface area contributed by atoms with E-state index in [-0.39, 0.29) is 0 Å². The lowest BCUT2D eigenvalue weighted by Crippen LogP contribution is -2.27. The number of aromatic nitrogens is 5. The van der Waals surface area contributed by atoms with Crippen molar-refractivity contribution in [2.24, 2.45) is 0 Å². The zero-order chi connectivity index (χ0) is 20.6. The molecule has 0 radical (unpaired) electrons. The van der Waals surface area contributed by atoms with Crippen LogP contribution < -0.4 is 5.32 Å². The normalized spacial score (nSPS) is 11.6. The Kier molecular flexibility index (Phi) is 4.50. The van der Waals surface area contributed by atoms with Crippen LogP contribution in [0.5, 0.6) is 0 Å². The highest BCUT2D eigenvalue weighted by Gasteiger charge is 2.19. The molecule has 29 heavy (non-hydrogen) atoms. The Balaban J connectivity index is 1.80. The van der Waals surface area contributed by atoms with E-state index < -0.39 is 11.7 Å². The maximum absolute atomic E-state index is 12.1. The minimum Gasteiger partial charge on any atom is -0.444 e. The molecule has 4 heterocycles. The Morgan fingerprint density at radius 1 is 1.21 bits per heavy atom. The first-order valence-electron chi connectivity index (χ1n) is 9.03. The van der Waals surface area contributed by atoms with Crippen LogP contribution in [0.3, 0.4) is 0 Å². The van der Waals surface area contributed by atoms with E-state index in [1.165, 1.54) is 0 Å². The summed E-state index contributed by atoms with van der Waals surface area (Å²) in [6.07, 6.45) is 4.57. The van der Waals surface area contributed by atoms with Gasteiger partial charge in [0, 0.05) is 18.0 Å². The third kappa shape index (κ3) is 4.08. The van der Waals surface area contributed by atoms with Crippen molar-refractivity contribution in [3.05, 3.63) is 48.7 Å². The van der Waals surface area contributed by atoms with Crippen LogP contribution in [0.15, 0.2) is 47.4 Å². The number of carbonyl (C=O) groups excluding carboxylic acids is 1. The van der Waals surface area contributed by atoms with Crippen LogP contribution >= 0.6 is 0 Å². The highest BCUT2D eigenvalue weighted by Crippen LogP contribution is 2.28. The first-order valence-corrected chi connectivity index (χ1v) is 9.03. The monoisotopic (exact) mass is 392 g/mol. The minimum absolute atomic E-state index is 0.347. The Labute approximate surface area is 166 Å². The predicted octanol–water partition coefficient (Wildman–Crippen LogP) is 4.10. The van der Waals surface area contributed by atoms with Gasteiger partial charge in [0.15, 0.2) is 11.6 Å². The second kappa shape index (κ2) is 7.01. The first kappa shape index (κ1) is 18.6. The number of nitrogens with zero attached hydrogens (tertiary/aromatic N) is 5. The summed E-state index contributed by atoms with van der Waals surface area (Å²) in [5.41, 5.74) is 2.43. The number of amides is 1. The Morgan fingerprint density at radius 3 is 2.69 bits per heavy atom. The molecule has 0 saturated carbocycles. The van der Waals surface area contributed by atoms with E-state index in [9.17, 15) is 4.79 Å². The number of aryl methyl sites for hydroxylation is 1. The van der Waals surface area contributed by atoms with Gasteiger partial charge in [-0.05, 0) is 51.5 Å². The van der Waals surface area contributed by atoms with Crippen molar-refractivity contribution >= 4 is 17.6 Å². The Hall–Kier alpha value is -3.75. The van der Waals surface area contributed by atoms with Crippen molar-refractivity contribution < 1.29 is 14.1 Å². The van der Waals surface area contributed by atoms with Crippen LogP contribution in [0.2, 0.25) is 0 Å². The van der Waals surface area contributed by atoms with Crippen LogP contribution in [0.4, 0.5) is 10.6 Å². The summed E-state index contributed by atoms with van der Waals surface area (Å²) in [4.78, 5) is 25.1. The van der Waals surface area contributed by atoms with Gasteiger partial charge in [-0.15, -0.1) is 0 Å². The van der Waals surface area contributed by atoms with Crippen molar-refractivity contribution in [1.29, 1.82) is 0 Å². The van der Waals surface area contributed by atoms with Gasteiger partial charge in [-0.2, -0.15) is 4.98 Å². The minimum atomic E-state index is -0.608. The molecule has 1 N–H and O–H groups in total. The maximum atomic E-state index is 12.1. The van der Waals surface area contributed by atoms with Crippen molar-refractivity contribution in [3.63, 3.8) is 0 Å². The van der Waals surface area contributed by atoms with Crippen LogP contribution in [-0.4, -0.2) is 36.2 Å². The average molecular weight is 392 g/mol. The molecule has 4 aromatic rings. The standard InChI is InChI=1S/C20H20N6O3/c1-12-22-18(29-25-12)15-8-14(13-6-5-7-21-10-13)9-17-23-16(11-26(15)17)24-19(27)28-20(2,3)4/h5-11H,1-4H3,(H,24,27). The van der Waals surface area contributed by atoms with Gasteiger partial charge in [-0.3, -0.25) is 14.7 Å². The summed E-state index contributed by atoms with van der Waals surface area (Å²) in [5.74, 6) is 1.21. The van der Waals surface area contributed by atoms with E-state index in [1.807, 2.05) is 24.3 Å². The molecule has 0 aliphatic rings. The molecule has 0 unspecified atom stereocenters. The average Bonchev–Trinajstić information content (AvgIpc) is 3.25. The number of fused-ring (bicyclic) bond motifs is 1. The molecule has 1 amide bonds. The summed E-state index contributed by atoms with van der Waals surface area (Å²) in [7, 11) is 0. The molecule has 0 fully saturated rings. The third-order valence-corrected chi connectivity index (χ3v) is 3.94. The quantitative estimate of drug-likeness (QED) is 0.559. The zero-order valence-corrected chi connectivity index (χ0v) is 16.5. The van der Waals surface area contributed by atoms with Crippen molar-refractivity contribution in [1.82, 2.24) is 24.5 Å². The molecule has 0 bridgehead atoms. The van der Waals surface area contributed by atoms with Crippen LogP contribution in [0.1, 0.15) is 26.6 Å². The summed E-state index contributed by atoms with van der Waals surface area (Å²) >= 11 is 0. The molecular weight excluding hydrogens is 372 g/mol. The Bertz CT molecular complexity index is 1170. The van der Waals surface area contributed by atoms with E-state index in [2.05, 4.69) is 25.4 Å². The number of carbonyl (C=O) groups is 1. The fourth-order valence-corrected chi connectivity index (χ4v) is 2.82. The van der Waals surface area contributed by atoms with Gasteiger partial charge >= 0.3 is 6.09 Å². The number of rotatable bonds is 3. The smallest absolute Gasteiger partial charge is 0.413 e. The molecule has 9 heteroatoms. The molecule has 0 spiro atoms. The van der Waals surface area contributed by atoms with Crippen LogP contribution in [0.25, 0.3) is 28.4 Å². The highest BCUT2D eigenvalue weighted by atomic mass is 16.6. The van der Waals surface area contributed by atoms with Gasteiger partial charge in [0.1, 0.15) is 16.9 Å². The number of pyridine rings is 2. The maximum Gasteiger partial charge on any atom is 0.413 e. The van der Waals surface area contributed by atoms with E-state index in [1.54, 1.807) is 50.7 Å². The van der Waals surface area contributed by atoms with Gasteiger partial charge in [-0.1, -0.05) is 11.2 Å². The molecule has 0 atom stereocenters. The van der Waals surface area contributed by atoms with E-state index >= 15 is 0 Å². The molecular formula is C20H20N6O3. The molecule has 4 aromatic heterocycles. The van der Waals surface area contributed by atoms with Gasteiger partial charge in [0.05, 0.1) is 6.20 Å². The number of anilines is 1. The summed E-state index contributed by atoms with van der Waals surface area (Å²) in [6, 6.07) is 7.61. The van der Waals surface area contributed by atoms with E-state index in [4.69, 9.17) is 9.26 Å². The lowest BCUT2D eigenvalue weighted by molar-refractivity contribution is 0.0635.